The zero-order valence-corrected chi connectivity index (χ0v) is 27.8. The first-order valence-electron chi connectivity index (χ1n) is 15.1. The van der Waals surface area contributed by atoms with Gasteiger partial charge < -0.3 is 16.2 Å². The molecule has 266 valence electrons. The molecule has 3 aromatic rings. The lowest BCUT2D eigenvalue weighted by molar-refractivity contribution is -0.136. The van der Waals surface area contributed by atoms with Crippen LogP contribution >= 0.6 is 11.6 Å². The van der Waals surface area contributed by atoms with Crippen LogP contribution in [-0.4, -0.2) is 75.3 Å². The number of nitrogens with one attached hydrogen (secondary N) is 1. The summed E-state index contributed by atoms with van der Waals surface area (Å²) >= 11 is 6.35. The lowest BCUT2D eigenvalue weighted by Gasteiger charge is -2.38. The van der Waals surface area contributed by atoms with Gasteiger partial charge in [-0.25, -0.2) is 32.6 Å². The van der Waals surface area contributed by atoms with E-state index in [4.69, 9.17) is 33.2 Å². The number of guanidine groups is 1. The van der Waals surface area contributed by atoms with E-state index < -0.39 is 67.0 Å². The normalized spacial score (nSPS) is 19.8. The molecule has 5 rings (SSSR count). The summed E-state index contributed by atoms with van der Waals surface area (Å²) in [6.45, 7) is 0.209. The van der Waals surface area contributed by atoms with E-state index >= 15 is 4.39 Å². The van der Waals surface area contributed by atoms with Crippen molar-refractivity contribution in [2.75, 3.05) is 19.7 Å². The Morgan fingerprint density at radius 2 is 1.88 bits per heavy atom. The predicted molar refractivity (Wildman–Crippen MR) is 175 cm³/mol. The number of aromatic nitrogens is 2. The van der Waals surface area contributed by atoms with Crippen molar-refractivity contribution in [3.8, 4) is 11.1 Å². The number of rotatable bonds is 10. The van der Waals surface area contributed by atoms with Crippen LogP contribution in [0.4, 0.5) is 26.7 Å². The Bertz CT molecular complexity index is 1890. The molecular formula is C32H33ClF5N9O3. The van der Waals surface area contributed by atoms with Crippen LogP contribution in [0.1, 0.15) is 56.5 Å². The van der Waals surface area contributed by atoms with Crippen molar-refractivity contribution in [2.24, 2.45) is 26.9 Å². The van der Waals surface area contributed by atoms with Crippen molar-refractivity contribution in [1.29, 1.82) is 5.41 Å². The molecule has 0 radical (unpaired) electrons. The number of alkyl halides is 4. The lowest BCUT2D eigenvalue weighted by atomic mass is 9.75. The van der Waals surface area contributed by atoms with Gasteiger partial charge in [0.05, 0.1) is 30.4 Å². The van der Waals surface area contributed by atoms with E-state index in [1.54, 1.807) is 20.8 Å². The maximum absolute atomic E-state index is 16.2. The quantitative estimate of drug-likeness (QED) is 0.139. The van der Waals surface area contributed by atoms with E-state index in [-0.39, 0.29) is 51.1 Å². The van der Waals surface area contributed by atoms with Gasteiger partial charge in [0, 0.05) is 22.9 Å². The van der Waals surface area contributed by atoms with E-state index in [1.807, 2.05) is 0 Å². The number of ether oxygens (including phenoxy) is 1. The monoisotopic (exact) mass is 721 g/mol. The molecule has 12 nitrogen and oxygen atoms in total. The molecule has 1 aromatic heterocycles. The molecule has 18 heteroatoms. The molecule has 2 amide bonds. The van der Waals surface area contributed by atoms with E-state index in [1.165, 1.54) is 30.3 Å². The number of halogens is 6. The average molecular weight is 722 g/mol. The first kappa shape index (κ1) is 36.2. The van der Waals surface area contributed by atoms with E-state index in [0.717, 1.165) is 28.3 Å². The van der Waals surface area contributed by atoms with Crippen LogP contribution in [0, 0.1) is 16.6 Å². The SMILES string of the molecule is CC(C)(C)C[C@]1(c2ccc(-c3cnn(C(F)F)c3)cc2F)N=C(N)N([C@H](COC(=O)N2CC(F)(F)C2)c2ccc(Cl)c(C(N)=NC=N)c2)C1=O. The molecule has 0 bridgehead atoms. The Balaban J connectivity index is 1.58. The van der Waals surface area contributed by atoms with Crippen LogP contribution in [0.3, 0.4) is 0 Å². The summed E-state index contributed by atoms with van der Waals surface area (Å²) < 4.78 is 75.3. The van der Waals surface area contributed by atoms with Gasteiger partial charge in [-0.2, -0.15) is 13.9 Å². The van der Waals surface area contributed by atoms with Crippen molar-refractivity contribution >= 4 is 41.7 Å². The Morgan fingerprint density at radius 1 is 1.18 bits per heavy atom. The van der Waals surface area contributed by atoms with Gasteiger partial charge in [-0.15, -0.1) is 0 Å². The molecule has 5 N–H and O–H groups in total. The summed E-state index contributed by atoms with van der Waals surface area (Å²) in [6, 6.07) is 6.92. The number of nitrogens with two attached hydrogens (primary N) is 2. The van der Waals surface area contributed by atoms with Crippen molar-refractivity contribution in [3.63, 3.8) is 0 Å². The second kappa shape index (κ2) is 13.3. The maximum atomic E-state index is 16.2. The highest BCUT2D eigenvalue weighted by Gasteiger charge is 2.54. The fourth-order valence-corrected chi connectivity index (χ4v) is 6.18. The van der Waals surface area contributed by atoms with Gasteiger partial charge in [-0.3, -0.25) is 20.0 Å². The summed E-state index contributed by atoms with van der Waals surface area (Å²) in [4.78, 5) is 37.6. The molecule has 1 saturated heterocycles. The topological polar surface area (TPSA) is 168 Å². The summed E-state index contributed by atoms with van der Waals surface area (Å²) in [6.07, 6.45) is 1.77. The molecule has 0 unspecified atom stereocenters. The second-order valence-electron chi connectivity index (χ2n) is 13.1. The van der Waals surface area contributed by atoms with Crippen molar-refractivity contribution in [1.82, 2.24) is 19.6 Å². The van der Waals surface area contributed by atoms with Crippen molar-refractivity contribution < 1.29 is 36.3 Å². The molecule has 2 atom stereocenters. The maximum Gasteiger partial charge on any atom is 0.410 e. The zero-order valence-electron chi connectivity index (χ0n) is 27.0. The number of hydrogen-bond acceptors (Lipinski definition) is 7. The minimum atomic E-state index is -3.06. The number of likely N-dealkylation sites (tertiary alicyclic amines) is 1. The number of hydrogen-bond donors (Lipinski definition) is 3. The summed E-state index contributed by atoms with van der Waals surface area (Å²) in [5.74, 6) is -5.25. The number of nitrogens with zero attached hydrogens (tertiary/aromatic N) is 6. The van der Waals surface area contributed by atoms with Gasteiger partial charge in [0.25, 0.3) is 11.8 Å². The van der Waals surface area contributed by atoms with Crippen LogP contribution in [0.5, 0.6) is 0 Å². The van der Waals surface area contributed by atoms with Gasteiger partial charge >= 0.3 is 12.6 Å². The van der Waals surface area contributed by atoms with Crippen LogP contribution in [-0.2, 0) is 15.1 Å². The molecule has 0 spiro atoms. The third-order valence-corrected chi connectivity index (χ3v) is 8.42. The van der Waals surface area contributed by atoms with E-state index in [9.17, 15) is 27.2 Å². The van der Waals surface area contributed by atoms with Gasteiger partial charge in [-0.1, -0.05) is 50.6 Å². The van der Waals surface area contributed by atoms with Gasteiger partial charge in [0.2, 0.25) is 0 Å². The predicted octanol–water partition coefficient (Wildman–Crippen LogP) is 5.67. The molecule has 0 aliphatic carbocycles. The molecule has 2 aromatic carbocycles. The summed E-state index contributed by atoms with van der Waals surface area (Å²) in [7, 11) is 0. The third kappa shape index (κ3) is 7.13. The number of carbonyl (C=O) groups is 2. The smallest absolute Gasteiger partial charge is 0.410 e. The Morgan fingerprint density at radius 3 is 2.46 bits per heavy atom. The minimum Gasteiger partial charge on any atom is -0.447 e. The van der Waals surface area contributed by atoms with Gasteiger partial charge in [0.1, 0.15) is 24.6 Å². The molecule has 2 aliphatic heterocycles. The average Bonchev–Trinajstić information content (AvgIpc) is 3.60. The van der Waals surface area contributed by atoms with Crippen LogP contribution in [0.2, 0.25) is 5.02 Å². The first-order valence-corrected chi connectivity index (χ1v) is 15.5. The van der Waals surface area contributed by atoms with E-state index in [2.05, 4.69) is 15.1 Å². The Kier molecular flexibility index (Phi) is 9.66. The molecule has 3 heterocycles. The first-order chi connectivity index (χ1) is 23.4. The molecule has 0 saturated carbocycles. The Hall–Kier alpha value is -5.06. The second-order valence-corrected chi connectivity index (χ2v) is 13.5. The number of amidine groups is 1. The van der Waals surface area contributed by atoms with Crippen molar-refractivity contribution in [2.45, 2.75) is 51.2 Å². The fraction of sp³-hybridized carbons (Fsp3) is 0.375. The van der Waals surface area contributed by atoms with Crippen LogP contribution in [0.15, 0.2) is 58.8 Å². The standard InChI is InChI=1S/C32H33ClF5N9O3/c1-30(2,3)13-32(21-6-4-17(9-23(21)34)19-10-43-46(11-19)27(35)36)26(48)47(28(41)44-32)24(12-50-29(49)45-14-31(37,38)15-45)18-5-7-22(33)20(8-18)25(40)42-16-39/h4-11,16,24,27H,12-15H2,1-3H3,(H2,41,44)(H3,39,40,42)/t24-,32-/m1/s1. The highest BCUT2D eigenvalue weighted by atomic mass is 35.5. The number of carbonyl (C=O) groups excluding carboxylic acids is 2. The number of amides is 2. The largest absolute Gasteiger partial charge is 0.447 e. The summed E-state index contributed by atoms with van der Waals surface area (Å²) in [5.41, 5.74) is 10.5. The zero-order chi connectivity index (χ0) is 36.8. The minimum absolute atomic E-state index is 0.0597. The molecule has 1 fully saturated rings. The fourth-order valence-electron chi connectivity index (χ4n) is 5.97. The lowest BCUT2D eigenvalue weighted by Crippen LogP contribution is -2.58. The Labute approximate surface area is 288 Å². The van der Waals surface area contributed by atoms with Crippen LogP contribution < -0.4 is 11.5 Å². The number of aliphatic imine (C=N–C) groups is 2. The van der Waals surface area contributed by atoms with Gasteiger partial charge in [-0.05, 0) is 41.2 Å². The molecule has 2 aliphatic rings. The van der Waals surface area contributed by atoms with E-state index in [0.29, 0.717) is 11.0 Å². The molecule has 50 heavy (non-hydrogen) atoms. The highest BCUT2D eigenvalue weighted by molar-refractivity contribution is 6.34. The van der Waals surface area contributed by atoms with Crippen LogP contribution in [0.25, 0.3) is 11.1 Å². The molecular weight excluding hydrogens is 689 g/mol. The number of benzene rings is 2. The van der Waals surface area contributed by atoms with Crippen molar-refractivity contribution in [3.05, 3.63) is 76.3 Å². The third-order valence-electron chi connectivity index (χ3n) is 8.09. The van der Waals surface area contributed by atoms with Gasteiger partial charge in [0.15, 0.2) is 11.5 Å². The summed E-state index contributed by atoms with van der Waals surface area (Å²) in [5, 5.41) is 11.0. The highest BCUT2D eigenvalue weighted by Crippen LogP contribution is 2.46.